The van der Waals surface area contributed by atoms with Crippen molar-refractivity contribution in [2.45, 2.75) is 244 Å². The number of anilines is 3. The predicted octanol–water partition coefficient (Wildman–Crippen LogP) is 20.9. The number of amides is 2. The van der Waals surface area contributed by atoms with E-state index in [9.17, 15) is 78.8 Å². The lowest BCUT2D eigenvalue weighted by Gasteiger charge is -2.39. The molecule has 31 nitrogen and oxygen atoms in total. The van der Waals surface area contributed by atoms with Crippen LogP contribution in [0.1, 0.15) is 226 Å². The summed E-state index contributed by atoms with van der Waals surface area (Å²) >= 11 is 3.34. The topological polar surface area (TPSA) is 351 Å². The third kappa shape index (κ3) is 25.2. The van der Waals surface area contributed by atoms with Gasteiger partial charge in [-0.3, -0.25) is 14.6 Å². The summed E-state index contributed by atoms with van der Waals surface area (Å²) in [7, 11) is 0. The summed E-state index contributed by atoms with van der Waals surface area (Å²) < 4.78 is 166. The van der Waals surface area contributed by atoms with Gasteiger partial charge >= 0.3 is 48.6 Å². The zero-order chi connectivity index (χ0) is 104. The number of piperidine rings is 3. The van der Waals surface area contributed by atoms with Crippen LogP contribution in [0.25, 0.3) is 17.1 Å². The number of carboxylic acid groups (broad SMARTS) is 3. The molecule has 0 unspecified atom stereocenters. The van der Waals surface area contributed by atoms with Gasteiger partial charge in [-0.2, -0.15) is 69.8 Å². The molecule has 147 heavy (non-hydrogen) atoms. The second-order valence-corrected chi connectivity index (χ2v) is 41.0. The number of carboxylic acids is 3. The van der Waals surface area contributed by atoms with Crippen LogP contribution >= 0.6 is 15.9 Å². The Hall–Kier alpha value is -13.5. The Morgan fingerprint density at radius 2 is 0.741 bits per heavy atom. The minimum absolute atomic E-state index is 0.0281. The van der Waals surface area contributed by atoms with E-state index in [4.69, 9.17) is 23.7 Å². The minimum Gasteiger partial charge on any atom is -0.480 e. The van der Waals surface area contributed by atoms with Crippen molar-refractivity contribution >= 4 is 63.5 Å². The molecule has 6 aromatic heterocycles. The Labute approximate surface area is 852 Å². The molecule has 4 N–H and O–H groups in total. The van der Waals surface area contributed by atoms with Crippen LogP contribution in [0.2, 0.25) is 0 Å². The predicted molar refractivity (Wildman–Crippen MR) is 527 cm³/mol. The molecule has 6 aliphatic heterocycles. The van der Waals surface area contributed by atoms with Crippen LogP contribution in [0.4, 0.5) is 66.6 Å². The molecule has 12 heterocycles. The molecule has 2 amide bonds. The molecule has 6 saturated heterocycles. The summed E-state index contributed by atoms with van der Waals surface area (Å²) in [4.78, 5) is 96.7. The summed E-state index contributed by atoms with van der Waals surface area (Å²) in [5.41, 5.74) is 5.23. The van der Waals surface area contributed by atoms with Crippen molar-refractivity contribution in [1.82, 2.24) is 74.4 Å². The number of ether oxygens (including phenoxy) is 5. The average molecular weight is 2100 g/mol. The van der Waals surface area contributed by atoms with E-state index in [1.165, 1.54) is 72.7 Å². The van der Waals surface area contributed by atoms with Gasteiger partial charge < -0.3 is 59.0 Å². The minimum atomic E-state index is -4.79. The molecule has 19 rings (SSSR count). The summed E-state index contributed by atoms with van der Waals surface area (Å²) in [5, 5.41) is 45.7. The summed E-state index contributed by atoms with van der Waals surface area (Å²) in [6.07, 6.45) is -2.09. The molecule has 6 atom stereocenters. The van der Waals surface area contributed by atoms with Gasteiger partial charge in [-0.15, -0.1) is 0 Å². The van der Waals surface area contributed by atoms with E-state index in [1.54, 1.807) is 96.5 Å². The number of hydrogen-bond acceptors (Lipinski definition) is 23. The molecule has 11 aromatic rings. The van der Waals surface area contributed by atoms with Gasteiger partial charge in [0.15, 0.2) is 0 Å². The highest BCUT2D eigenvalue weighted by molar-refractivity contribution is 9.10. The number of aliphatic carboxylic acids is 3. The number of rotatable bonds is 24. The molecule has 8 aliphatic rings. The third-order valence-corrected chi connectivity index (χ3v) is 30.1. The SMILES string of the molecule is Cc1ccn(-c2cc(Br)ccc2[C@@H](Oc2cc(N3CCC4(CC3)C[C@@H](C(=O)O)N(C(=O)OCc3ccccc3)C4)nc(C)n2)C(F)(F)F)n1.Cc1ccn(-c2cc(C3CCCCC3)ccc2[C@@H](Oc2cc(N3CCC4(CC3)CN[C@H](C(=O)O)C4)nc(C)n2)C(F)(F)F)n1.Cc1ccn(-c2cc(C3CCCCC3)ccc2[C@@H](Oc2cc(N3CCC4(CC3)C[C@@H](C(=O)O)N(C(=O)OCc3ccccc3)C4)nc(C)n2)C(F)(F)F)n1. The molecule has 2 aliphatic carbocycles. The molecule has 0 radical (unpaired) electrons. The number of alkyl halides is 9. The first-order valence-corrected chi connectivity index (χ1v) is 50.5. The lowest BCUT2D eigenvalue weighted by atomic mass is 9.76. The van der Waals surface area contributed by atoms with E-state index >= 15 is 0 Å². The van der Waals surface area contributed by atoms with E-state index in [0.717, 1.165) is 92.9 Å². The Bertz CT molecular complexity index is 6500. The normalized spacial score (nSPS) is 19.6. The van der Waals surface area contributed by atoms with Crippen molar-refractivity contribution in [3.05, 3.63) is 248 Å². The zero-order valence-corrected chi connectivity index (χ0v) is 83.9. The second-order valence-electron chi connectivity index (χ2n) is 40.1. The fourth-order valence-corrected chi connectivity index (χ4v) is 22.2. The fraction of sp³-hybridized carbons (Fsp3) is 0.472. The number of carbonyl (C=O) groups excluding carboxylic acids is 2. The van der Waals surface area contributed by atoms with E-state index in [0.29, 0.717) is 140 Å². The van der Waals surface area contributed by atoms with Crippen molar-refractivity contribution in [2.75, 3.05) is 73.6 Å². The van der Waals surface area contributed by atoms with Crippen LogP contribution < -0.4 is 34.2 Å². The Balaban J connectivity index is 0.000000151. The van der Waals surface area contributed by atoms with Crippen LogP contribution in [0, 0.1) is 57.8 Å². The monoisotopic (exact) mass is 2100 g/mol. The molecular formula is C106H118BrF9N18O13. The van der Waals surface area contributed by atoms with Gasteiger partial charge in [0, 0.05) is 117 Å². The molecule has 2 saturated carbocycles. The number of aryl methyl sites for hydroxylation is 6. The number of carbonyl (C=O) groups is 5. The van der Waals surface area contributed by atoms with Crippen LogP contribution in [-0.2, 0) is 37.1 Å². The zero-order valence-electron chi connectivity index (χ0n) is 82.3. The molecule has 780 valence electrons. The molecule has 3 spiro atoms. The lowest BCUT2D eigenvalue weighted by molar-refractivity contribution is -0.199. The van der Waals surface area contributed by atoms with Gasteiger partial charge in [0.25, 0.3) is 0 Å². The second kappa shape index (κ2) is 44.3. The highest BCUT2D eigenvalue weighted by Crippen LogP contribution is 2.51. The van der Waals surface area contributed by atoms with Crippen molar-refractivity contribution in [2.24, 2.45) is 16.2 Å². The molecule has 5 aromatic carbocycles. The maximum atomic E-state index is 15.0. The number of aromatic nitrogens is 12. The maximum absolute atomic E-state index is 15.0. The summed E-state index contributed by atoms with van der Waals surface area (Å²) in [5.74, 6) is -0.953. The fourth-order valence-electron chi connectivity index (χ4n) is 21.8. The van der Waals surface area contributed by atoms with Gasteiger partial charge in [0.1, 0.15) is 66.3 Å². The molecule has 41 heteroatoms. The van der Waals surface area contributed by atoms with Crippen molar-refractivity contribution in [3.8, 4) is 34.7 Å². The third-order valence-electron chi connectivity index (χ3n) is 29.6. The standard InChI is InChI=1S/C40H45F3N6O5.C34H34BrF3N6O5.C32H39F3N6O3/c1-26-15-18-49(46-26)32-21-30(29-11-7-4-8-12-29)13-14-31(32)36(40(41,42)43)54-35-22-34(44-27(2)45-35)47-19-16-39(17-20-47)23-33(37(50)51)48(25-39)38(52)53-24-28-9-5-3-6-10-28;1-21-10-13-44(41-21)26-16-24(35)8-9-25(26)30(34(36,37)38)49-29-17-28(39-22(2)40-29)42-14-11-33(12-15-42)18-27(31(45)46)43(20-33)32(47)48-19-23-6-4-3-5-7-23;1-20-10-13-41(39-20)26-16-23(22-6-4-3-5-7-22)8-9-24(26)29(32(33,34)35)44-28-17-27(37-21(2)38-28)40-14-11-31(12-15-40)18-25(30(42)43)36-19-31/h3,5-6,9-10,13-15,18,21-22,29,33,36H,4,7-8,11-12,16-17,19-20,23-25H2,1-2H3,(H,50,51);3-10,13,16-17,27,30H,11-12,14-15,18-20H2,1-2H3,(H,45,46);8-10,13,16-17,22,25,29,36H,3-7,11-12,14-15,18-19H2,1-2H3,(H,42,43)/t33-,36+;27-,30+;25-,29+/m000/s1. The van der Waals surface area contributed by atoms with Gasteiger partial charge in [-0.1, -0.05) is 145 Å². The van der Waals surface area contributed by atoms with Crippen molar-refractivity contribution in [3.63, 3.8) is 0 Å². The first kappa shape index (κ1) is 105. The van der Waals surface area contributed by atoms with Crippen LogP contribution in [0.3, 0.4) is 0 Å². The number of hydrogen-bond donors (Lipinski definition) is 4. The van der Waals surface area contributed by atoms with Gasteiger partial charge in [-0.25, -0.2) is 48.2 Å². The van der Waals surface area contributed by atoms with Crippen LogP contribution in [0.15, 0.2) is 175 Å². The van der Waals surface area contributed by atoms with Gasteiger partial charge in [0.05, 0.1) is 34.1 Å². The number of nitrogens with zero attached hydrogens (tertiary/aromatic N) is 17. The number of benzene rings is 5. The Morgan fingerprint density at radius 1 is 0.408 bits per heavy atom. The average Bonchev–Trinajstić information content (AvgIpc) is 1.45. The lowest BCUT2D eigenvalue weighted by Crippen LogP contribution is -2.43. The number of halogens is 10. The first-order chi connectivity index (χ1) is 70.2. The highest BCUT2D eigenvalue weighted by atomic mass is 79.9. The van der Waals surface area contributed by atoms with Crippen molar-refractivity contribution in [1.29, 1.82) is 0 Å². The number of nitrogens with one attached hydrogen (secondary N) is 1. The van der Waals surface area contributed by atoms with Crippen LogP contribution in [0.5, 0.6) is 17.6 Å². The largest absolute Gasteiger partial charge is 0.480 e. The van der Waals surface area contributed by atoms with E-state index in [-0.39, 0.29) is 102 Å². The molecular weight excluding hydrogens is 1980 g/mol. The van der Waals surface area contributed by atoms with E-state index in [1.807, 2.05) is 87.5 Å². The highest BCUT2D eigenvalue weighted by Gasteiger charge is 2.55. The smallest absolute Gasteiger partial charge is 0.429 e. The first-order valence-electron chi connectivity index (χ1n) is 49.7. The molecule has 0 bridgehead atoms. The Kier molecular flexibility index (Phi) is 31.6. The summed E-state index contributed by atoms with van der Waals surface area (Å²) in [6, 6.07) is 39.9. The summed E-state index contributed by atoms with van der Waals surface area (Å²) in [6.45, 7) is 14.3. The number of likely N-dealkylation sites (tertiary alicyclic amines) is 2. The van der Waals surface area contributed by atoms with Crippen molar-refractivity contribution < 1.29 is 102 Å². The molecule has 8 fully saturated rings. The van der Waals surface area contributed by atoms with Gasteiger partial charge in [-0.05, 0) is 218 Å². The maximum Gasteiger partial charge on any atom is 0.429 e. The van der Waals surface area contributed by atoms with Crippen LogP contribution in [-0.4, -0.2) is 210 Å². The van der Waals surface area contributed by atoms with E-state index in [2.05, 4.69) is 66.4 Å². The quantitative estimate of drug-likeness (QED) is 0.0408. The Morgan fingerprint density at radius 3 is 1.05 bits per heavy atom. The van der Waals surface area contributed by atoms with E-state index < -0.39 is 95.9 Å². The van der Waals surface area contributed by atoms with Gasteiger partial charge in [0.2, 0.25) is 36.0 Å².